The molecule has 0 spiro atoms. The number of aliphatic imine (C=N–C) groups is 1. The van der Waals surface area contributed by atoms with Crippen LogP contribution in [0.15, 0.2) is 50.5 Å². The van der Waals surface area contributed by atoms with E-state index in [1.807, 2.05) is 13.8 Å². The van der Waals surface area contributed by atoms with E-state index in [1.165, 1.54) is 22.7 Å². The van der Waals surface area contributed by atoms with E-state index < -0.39 is 18.0 Å². The maximum Gasteiger partial charge on any atom is 0.416 e. The highest BCUT2D eigenvalue weighted by molar-refractivity contribution is 8.17. The molecule has 0 amide bonds. The second kappa shape index (κ2) is 9.06. The molecule has 1 aromatic rings. The lowest BCUT2D eigenvalue weighted by atomic mass is 10.1. The van der Waals surface area contributed by atoms with E-state index in [9.17, 15) is 18.3 Å². The molecule has 158 valence electrons. The summed E-state index contributed by atoms with van der Waals surface area (Å²) >= 11 is 3.11. The van der Waals surface area contributed by atoms with Crippen LogP contribution in [0.4, 0.5) is 13.2 Å². The fourth-order valence-corrected chi connectivity index (χ4v) is 5.16. The average molecular weight is 444 g/mol. The van der Waals surface area contributed by atoms with Crippen LogP contribution in [0.1, 0.15) is 38.3 Å². The van der Waals surface area contributed by atoms with Crippen molar-refractivity contribution in [3.05, 3.63) is 56.6 Å². The highest BCUT2D eigenvalue weighted by atomic mass is 32.2. The molecule has 1 unspecified atom stereocenters. The van der Waals surface area contributed by atoms with Gasteiger partial charge in [0.2, 0.25) is 0 Å². The maximum absolute atomic E-state index is 12.9. The predicted octanol–water partition coefficient (Wildman–Crippen LogP) is 4.84. The van der Waals surface area contributed by atoms with Crippen molar-refractivity contribution in [1.82, 2.24) is 10.6 Å². The Bertz CT molecular complexity index is 865. The number of aliphatic hydroxyl groups is 1. The van der Waals surface area contributed by atoms with Gasteiger partial charge in [-0.15, -0.1) is 11.8 Å². The Hall–Kier alpha value is -1.58. The number of aliphatic hydroxyl groups excluding tert-OH is 1. The van der Waals surface area contributed by atoms with Crippen LogP contribution in [-0.4, -0.2) is 28.3 Å². The summed E-state index contributed by atoms with van der Waals surface area (Å²) in [6, 6.07) is 5.32. The van der Waals surface area contributed by atoms with E-state index in [2.05, 4.69) is 22.5 Å². The Morgan fingerprint density at radius 3 is 2.76 bits per heavy atom. The quantitative estimate of drug-likeness (QED) is 0.550. The number of benzene rings is 1. The van der Waals surface area contributed by atoms with Crippen molar-refractivity contribution in [2.75, 3.05) is 6.54 Å². The summed E-state index contributed by atoms with van der Waals surface area (Å²) in [6.07, 6.45) is -4.34. The first-order valence-corrected chi connectivity index (χ1v) is 11.0. The summed E-state index contributed by atoms with van der Waals surface area (Å²) in [5.74, 6) is 0. The smallest absolute Gasteiger partial charge is 0.376 e. The first kappa shape index (κ1) is 22.1. The topological polar surface area (TPSA) is 56.6 Å². The minimum atomic E-state index is -4.36. The van der Waals surface area contributed by atoms with Gasteiger partial charge in [-0.25, -0.2) is 0 Å². The molecule has 0 saturated carbocycles. The zero-order valence-corrected chi connectivity index (χ0v) is 18.1. The minimum absolute atomic E-state index is 0.299. The molecule has 0 aromatic heterocycles. The Labute approximate surface area is 177 Å². The molecule has 2 atom stereocenters. The number of allylic oxidation sites excluding steroid dienone is 1. The summed E-state index contributed by atoms with van der Waals surface area (Å²) in [6.45, 7) is 6.50. The van der Waals surface area contributed by atoms with E-state index in [4.69, 9.17) is 0 Å². The second-order valence-corrected chi connectivity index (χ2v) is 9.74. The largest absolute Gasteiger partial charge is 0.416 e. The van der Waals surface area contributed by atoms with Crippen molar-refractivity contribution in [2.45, 2.75) is 51.4 Å². The van der Waals surface area contributed by atoms with Crippen molar-refractivity contribution < 1.29 is 18.3 Å². The van der Waals surface area contributed by atoms with E-state index in [1.54, 1.807) is 17.8 Å². The van der Waals surface area contributed by atoms with Gasteiger partial charge in [-0.2, -0.15) is 13.2 Å². The van der Waals surface area contributed by atoms with Gasteiger partial charge in [-0.05, 0) is 38.0 Å². The third kappa shape index (κ3) is 5.96. The highest BCUT2D eigenvalue weighted by Gasteiger charge is 2.30. The van der Waals surface area contributed by atoms with Gasteiger partial charge in [-0.1, -0.05) is 30.0 Å². The van der Waals surface area contributed by atoms with Crippen LogP contribution in [0.25, 0.3) is 0 Å². The van der Waals surface area contributed by atoms with Gasteiger partial charge >= 0.3 is 6.18 Å². The molecule has 9 heteroatoms. The van der Waals surface area contributed by atoms with E-state index in [-0.39, 0.29) is 0 Å². The molecule has 0 aliphatic carbocycles. The molecule has 29 heavy (non-hydrogen) atoms. The van der Waals surface area contributed by atoms with Gasteiger partial charge in [-0.3, -0.25) is 4.99 Å². The monoisotopic (exact) mass is 443 g/mol. The molecule has 0 fully saturated rings. The molecule has 0 radical (unpaired) electrons. The number of hydrogen-bond donors (Lipinski definition) is 3. The molecule has 4 nitrogen and oxygen atoms in total. The summed E-state index contributed by atoms with van der Waals surface area (Å²) in [7, 11) is 0. The number of thioether (sulfide) groups is 2. The van der Waals surface area contributed by atoms with Crippen LogP contribution in [0.3, 0.4) is 0 Å². The van der Waals surface area contributed by atoms with E-state index >= 15 is 0 Å². The van der Waals surface area contributed by atoms with Gasteiger partial charge in [0.15, 0.2) is 0 Å². The lowest BCUT2D eigenvalue weighted by molar-refractivity contribution is -0.137. The summed E-state index contributed by atoms with van der Waals surface area (Å²) in [5, 5.41) is 18.8. The Morgan fingerprint density at radius 2 is 2.10 bits per heavy atom. The lowest BCUT2D eigenvalue weighted by Crippen LogP contribution is -2.32. The van der Waals surface area contributed by atoms with Crippen LogP contribution in [0.5, 0.6) is 0 Å². The van der Waals surface area contributed by atoms with Crippen molar-refractivity contribution in [3.63, 3.8) is 0 Å². The van der Waals surface area contributed by atoms with Gasteiger partial charge < -0.3 is 15.7 Å². The first-order chi connectivity index (χ1) is 13.6. The standard InChI is InChI=1S/C20H24F3N3OS2/c1-11-10-24-18(8-14-5-4-6-15(7-14)20(21,22)23)29-19(11)26-17(27)9-16-12(2)28-13(3)25-16/h4-7,13,17,25-27H,8-10H2,1-3H3/t13?,17-/m1/s1. The fraction of sp³-hybridized carbons (Fsp3) is 0.450. The lowest BCUT2D eigenvalue weighted by Gasteiger charge is -2.23. The molecule has 2 aliphatic rings. The summed E-state index contributed by atoms with van der Waals surface area (Å²) in [4.78, 5) is 5.65. The number of alkyl halides is 3. The number of nitrogens with one attached hydrogen (secondary N) is 2. The Kier molecular flexibility index (Phi) is 6.90. The molecule has 1 aromatic carbocycles. The zero-order chi connectivity index (χ0) is 21.2. The van der Waals surface area contributed by atoms with Gasteiger partial charge in [0.25, 0.3) is 0 Å². The second-order valence-electron chi connectivity index (χ2n) is 7.10. The van der Waals surface area contributed by atoms with E-state index in [0.717, 1.165) is 33.5 Å². The summed E-state index contributed by atoms with van der Waals surface area (Å²) in [5.41, 5.74) is 1.93. The van der Waals surface area contributed by atoms with Crippen molar-refractivity contribution >= 4 is 28.6 Å². The minimum Gasteiger partial charge on any atom is -0.376 e. The number of rotatable bonds is 6. The molecule has 0 bridgehead atoms. The van der Waals surface area contributed by atoms with E-state index in [0.29, 0.717) is 30.3 Å². The highest BCUT2D eigenvalue weighted by Crippen LogP contribution is 2.33. The predicted molar refractivity (Wildman–Crippen MR) is 114 cm³/mol. The first-order valence-electron chi connectivity index (χ1n) is 9.26. The third-order valence-corrected chi connectivity index (χ3v) is 6.81. The van der Waals surface area contributed by atoms with Crippen molar-refractivity contribution in [2.24, 2.45) is 4.99 Å². The molecule has 0 saturated heterocycles. The Balaban J connectivity index is 1.61. The molecule has 3 rings (SSSR count). The SMILES string of the molecule is CC1=C(N[C@H](O)CC2=C(C)SC(C)N2)SC(Cc2cccc(C(F)(F)F)c2)=NC1. The number of halogens is 3. The zero-order valence-electron chi connectivity index (χ0n) is 16.4. The van der Waals surface area contributed by atoms with Gasteiger partial charge in [0.05, 0.1) is 27.6 Å². The van der Waals surface area contributed by atoms with Crippen molar-refractivity contribution in [3.8, 4) is 0 Å². The summed E-state index contributed by atoms with van der Waals surface area (Å²) < 4.78 is 38.8. The maximum atomic E-state index is 12.9. The van der Waals surface area contributed by atoms with Crippen molar-refractivity contribution in [1.29, 1.82) is 0 Å². The van der Waals surface area contributed by atoms with Crippen LogP contribution >= 0.6 is 23.5 Å². The molecular weight excluding hydrogens is 419 g/mol. The number of nitrogens with zero attached hydrogens (tertiary/aromatic N) is 1. The van der Waals surface area contributed by atoms with Gasteiger partial charge in [0.1, 0.15) is 6.23 Å². The molecule has 3 N–H and O–H groups in total. The molecule has 2 aliphatic heterocycles. The molecular formula is C20H24F3N3OS2. The van der Waals surface area contributed by atoms with Crippen LogP contribution in [0, 0.1) is 0 Å². The normalized spacial score (nSPS) is 21.2. The van der Waals surface area contributed by atoms with Crippen LogP contribution in [-0.2, 0) is 12.6 Å². The number of hydrogen-bond acceptors (Lipinski definition) is 6. The fourth-order valence-electron chi connectivity index (χ4n) is 3.10. The average Bonchev–Trinajstić information content (AvgIpc) is 2.94. The van der Waals surface area contributed by atoms with Crippen LogP contribution in [0.2, 0.25) is 0 Å². The third-order valence-electron chi connectivity index (χ3n) is 4.56. The van der Waals surface area contributed by atoms with Gasteiger partial charge in [0, 0.05) is 23.4 Å². The van der Waals surface area contributed by atoms with Crippen LogP contribution < -0.4 is 10.6 Å². The molecule has 2 heterocycles. The Morgan fingerprint density at radius 1 is 1.34 bits per heavy atom.